The summed E-state index contributed by atoms with van der Waals surface area (Å²) in [5.74, 6) is 0.937. The van der Waals surface area contributed by atoms with Gasteiger partial charge in [-0.3, -0.25) is 4.79 Å². The molecule has 1 aromatic heterocycles. The summed E-state index contributed by atoms with van der Waals surface area (Å²) in [5.41, 5.74) is 1.10. The first-order valence-electron chi connectivity index (χ1n) is 5.46. The Balaban J connectivity index is 2.29. The molecule has 0 fully saturated rings. The number of ketones is 1. The van der Waals surface area contributed by atoms with Crippen LogP contribution in [0.4, 0.5) is 0 Å². The van der Waals surface area contributed by atoms with Crippen molar-refractivity contribution in [2.24, 2.45) is 7.05 Å². The fourth-order valence-electron chi connectivity index (χ4n) is 1.58. The molecule has 2 rings (SSSR count). The van der Waals surface area contributed by atoms with Gasteiger partial charge in [0.2, 0.25) is 5.78 Å². The lowest BCUT2D eigenvalue weighted by molar-refractivity contribution is 0.102. The SMILES string of the molecule is CCSc1ccc(C(=O)c2c(Br)nnn2C)cc1. The van der Waals surface area contributed by atoms with E-state index in [9.17, 15) is 4.79 Å². The molecule has 0 saturated carbocycles. The van der Waals surface area contributed by atoms with Crippen LogP contribution in [0.3, 0.4) is 0 Å². The second-order valence-electron chi connectivity index (χ2n) is 3.64. The van der Waals surface area contributed by atoms with E-state index in [2.05, 4.69) is 33.2 Å². The maximum absolute atomic E-state index is 12.3. The predicted molar refractivity (Wildman–Crippen MR) is 75.0 cm³/mol. The van der Waals surface area contributed by atoms with E-state index < -0.39 is 0 Å². The molecule has 1 aromatic carbocycles. The zero-order chi connectivity index (χ0) is 13.1. The second kappa shape index (κ2) is 5.67. The van der Waals surface area contributed by atoms with Crippen LogP contribution >= 0.6 is 27.7 Å². The van der Waals surface area contributed by atoms with Crippen molar-refractivity contribution >= 4 is 33.5 Å². The van der Waals surface area contributed by atoms with E-state index in [0.717, 1.165) is 10.6 Å². The number of carbonyl (C=O) groups excluding carboxylic acids is 1. The third kappa shape index (κ3) is 2.64. The first kappa shape index (κ1) is 13.3. The molecule has 4 nitrogen and oxygen atoms in total. The zero-order valence-electron chi connectivity index (χ0n) is 10.1. The van der Waals surface area contributed by atoms with Crippen molar-refractivity contribution < 1.29 is 4.79 Å². The lowest BCUT2D eigenvalue weighted by Crippen LogP contribution is -2.08. The van der Waals surface area contributed by atoms with E-state index in [1.165, 1.54) is 4.68 Å². The molecule has 6 heteroatoms. The number of carbonyl (C=O) groups is 1. The number of benzene rings is 1. The maximum Gasteiger partial charge on any atom is 0.213 e. The summed E-state index contributed by atoms with van der Waals surface area (Å²) < 4.78 is 1.95. The predicted octanol–water partition coefficient (Wildman–Crippen LogP) is 2.92. The Morgan fingerprint density at radius 2 is 2.06 bits per heavy atom. The Hall–Kier alpha value is -1.14. The summed E-state index contributed by atoms with van der Waals surface area (Å²) >= 11 is 4.98. The fraction of sp³-hybridized carbons (Fsp3) is 0.250. The monoisotopic (exact) mass is 325 g/mol. The van der Waals surface area contributed by atoms with Gasteiger partial charge in [0.25, 0.3) is 0 Å². The Labute approximate surface area is 118 Å². The number of hydrogen-bond donors (Lipinski definition) is 0. The molecule has 0 bridgehead atoms. The van der Waals surface area contributed by atoms with Crippen LogP contribution in [0, 0.1) is 0 Å². The minimum Gasteiger partial charge on any atom is -0.287 e. The first-order valence-corrected chi connectivity index (χ1v) is 7.24. The van der Waals surface area contributed by atoms with Crippen LogP contribution in [0.25, 0.3) is 0 Å². The van der Waals surface area contributed by atoms with Gasteiger partial charge in [0, 0.05) is 17.5 Å². The highest BCUT2D eigenvalue weighted by Crippen LogP contribution is 2.21. The van der Waals surface area contributed by atoms with Gasteiger partial charge in [-0.2, -0.15) is 0 Å². The van der Waals surface area contributed by atoms with Crippen LogP contribution < -0.4 is 0 Å². The number of aryl methyl sites for hydroxylation is 1. The quantitative estimate of drug-likeness (QED) is 0.640. The lowest BCUT2D eigenvalue weighted by atomic mass is 10.1. The summed E-state index contributed by atoms with van der Waals surface area (Å²) in [4.78, 5) is 13.4. The molecular formula is C12H12BrN3OS. The summed E-state index contributed by atoms with van der Waals surface area (Å²) in [6.45, 7) is 2.10. The molecule has 2 aromatic rings. The van der Waals surface area contributed by atoms with E-state index >= 15 is 0 Å². The van der Waals surface area contributed by atoms with Gasteiger partial charge < -0.3 is 0 Å². The van der Waals surface area contributed by atoms with Gasteiger partial charge in [0.1, 0.15) is 5.69 Å². The van der Waals surface area contributed by atoms with Crippen LogP contribution in [-0.2, 0) is 7.05 Å². The highest BCUT2D eigenvalue weighted by molar-refractivity contribution is 9.10. The molecule has 0 aliphatic heterocycles. The number of hydrogen-bond acceptors (Lipinski definition) is 4. The fourth-order valence-corrected chi connectivity index (χ4v) is 2.75. The summed E-state index contributed by atoms with van der Waals surface area (Å²) in [5, 5.41) is 7.62. The molecule has 0 atom stereocenters. The summed E-state index contributed by atoms with van der Waals surface area (Å²) in [6.07, 6.45) is 0. The number of thioether (sulfide) groups is 1. The molecule has 0 spiro atoms. The third-order valence-electron chi connectivity index (χ3n) is 2.43. The largest absolute Gasteiger partial charge is 0.287 e. The van der Waals surface area contributed by atoms with Gasteiger partial charge in [0.15, 0.2) is 4.60 Å². The summed E-state index contributed by atoms with van der Waals surface area (Å²) in [7, 11) is 1.70. The van der Waals surface area contributed by atoms with E-state index in [4.69, 9.17) is 0 Å². The highest BCUT2D eigenvalue weighted by atomic mass is 79.9. The Morgan fingerprint density at radius 1 is 1.39 bits per heavy atom. The van der Waals surface area contributed by atoms with Crippen molar-refractivity contribution in [1.82, 2.24) is 15.0 Å². The van der Waals surface area contributed by atoms with Gasteiger partial charge >= 0.3 is 0 Å². The molecule has 0 radical (unpaired) electrons. The van der Waals surface area contributed by atoms with Crippen LogP contribution in [0.5, 0.6) is 0 Å². The minimum absolute atomic E-state index is 0.0811. The number of nitrogens with zero attached hydrogens (tertiary/aromatic N) is 3. The molecular weight excluding hydrogens is 314 g/mol. The molecule has 18 heavy (non-hydrogen) atoms. The van der Waals surface area contributed by atoms with E-state index in [1.54, 1.807) is 18.8 Å². The molecule has 0 N–H and O–H groups in total. The maximum atomic E-state index is 12.3. The lowest BCUT2D eigenvalue weighted by Gasteiger charge is -2.03. The van der Waals surface area contributed by atoms with E-state index in [-0.39, 0.29) is 5.78 Å². The van der Waals surface area contributed by atoms with E-state index in [0.29, 0.717) is 15.9 Å². The summed E-state index contributed by atoms with van der Waals surface area (Å²) in [6, 6.07) is 7.58. The van der Waals surface area contributed by atoms with Gasteiger partial charge in [-0.05, 0) is 45.9 Å². The van der Waals surface area contributed by atoms with Crippen LogP contribution in [-0.4, -0.2) is 26.5 Å². The second-order valence-corrected chi connectivity index (χ2v) is 5.73. The van der Waals surface area contributed by atoms with Gasteiger partial charge in [-0.25, -0.2) is 4.68 Å². The van der Waals surface area contributed by atoms with Crippen molar-refractivity contribution in [3.63, 3.8) is 0 Å². The van der Waals surface area contributed by atoms with Crippen molar-refractivity contribution in [2.75, 3.05) is 5.75 Å². The third-order valence-corrected chi connectivity index (χ3v) is 3.86. The van der Waals surface area contributed by atoms with Crippen molar-refractivity contribution in [3.8, 4) is 0 Å². The minimum atomic E-state index is -0.0811. The Morgan fingerprint density at radius 3 is 2.56 bits per heavy atom. The standard InChI is InChI=1S/C12H12BrN3OS/c1-3-18-9-6-4-8(5-7-9)11(17)10-12(13)14-15-16(10)2/h4-7H,3H2,1-2H3. The van der Waals surface area contributed by atoms with Crippen molar-refractivity contribution in [2.45, 2.75) is 11.8 Å². The topological polar surface area (TPSA) is 47.8 Å². The highest BCUT2D eigenvalue weighted by Gasteiger charge is 2.18. The Bertz CT molecular complexity index is 546. The van der Waals surface area contributed by atoms with Crippen molar-refractivity contribution in [3.05, 3.63) is 40.1 Å². The first-order chi connectivity index (χ1) is 8.63. The Kier molecular flexibility index (Phi) is 4.19. The number of halogens is 1. The average molecular weight is 326 g/mol. The van der Waals surface area contributed by atoms with Crippen LogP contribution in [0.2, 0.25) is 0 Å². The molecule has 1 heterocycles. The molecule has 0 saturated heterocycles. The van der Waals surface area contributed by atoms with Crippen LogP contribution in [0.15, 0.2) is 33.8 Å². The number of rotatable bonds is 4. The van der Waals surface area contributed by atoms with Gasteiger partial charge in [0.05, 0.1) is 0 Å². The normalized spacial score (nSPS) is 10.6. The molecule has 0 aliphatic carbocycles. The number of aromatic nitrogens is 3. The zero-order valence-corrected chi connectivity index (χ0v) is 12.5. The smallest absolute Gasteiger partial charge is 0.213 e. The molecule has 0 unspecified atom stereocenters. The average Bonchev–Trinajstić information content (AvgIpc) is 2.70. The molecule has 94 valence electrons. The molecule has 0 aliphatic rings. The van der Waals surface area contributed by atoms with Gasteiger partial charge in [-0.1, -0.05) is 12.1 Å². The van der Waals surface area contributed by atoms with E-state index in [1.807, 2.05) is 24.3 Å². The van der Waals surface area contributed by atoms with Gasteiger partial charge in [-0.15, -0.1) is 16.9 Å². The van der Waals surface area contributed by atoms with Crippen LogP contribution in [0.1, 0.15) is 23.0 Å². The van der Waals surface area contributed by atoms with Crippen molar-refractivity contribution in [1.29, 1.82) is 0 Å². The molecule has 0 amide bonds.